The van der Waals surface area contributed by atoms with E-state index in [4.69, 9.17) is 5.73 Å². The number of nitrogens with one attached hydrogen (secondary N) is 4. The van der Waals surface area contributed by atoms with E-state index in [-0.39, 0.29) is 35.6 Å². The highest BCUT2D eigenvalue weighted by Gasteiger charge is 2.70. The molecule has 1 heterocycles. The van der Waals surface area contributed by atoms with E-state index in [2.05, 4.69) is 27.8 Å². The third-order valence-corrected chi connectivity index (χ3v) is 9.97. The molecule has 6 N–H and O–H groups in total. The second kappa shape index (κ2) is 11.9. The lowest BCUT2D eigenvalue weighted by molar-refractivity contribution is -0.145. The predicted octanol–water partition coefficient (Wildman–Crippen LogP) is 1.14. The van der Waals surface area contributed by atoms with Crippen molar-refractivity contribution in [2.45, 2.75) is 103 Å². The standard InChI is InChI=1S/C31H48N6O6/c1-7-15-33-27(42)31(13-9-8-10-14-31)36-28(43)35-23(29(2,3)4)26(41)37-16-18-19(30(18,5)6)21(37)25(40)34-20(17-11-12-17)22(38)24(32)39/h7,17-21,23H,1,8-16H2,2-6H3,(H2,32,39)(H,33,42)(H,34,40)(H2,35,36,43)/t18-,19-,20?,21-,23+/m0/s1. The lowest BCUT2D eigenvalue weighted by Gasteiger charge is -2.40. The molecule has 12 nitrogen and oxygen atoms in total. The summed E-state index contributed by atoms with van der Waals surface area (Å²) in [5, 5.41) is 11.3. The van der Waals surface area contributed by atoms with Crippen molar-refractivity contribution in [1.82, 2.24) is 26.2 Å². The number of likely N-dealkylation sites (tertiary alicyclic amines) is 1. The van der Waals surface area contributed by atoms with Gasteiger partial charge < -0.3 is 31.9 Å². The Hall–Kier alpha value is -3.44. The second-order valence-corrected chi connectivity index (χ2v) is 14.5. The van der Waals surface area contributed by atoms with Gasteiger partial charge in [-0.15, -0.1) is 6.58 Å². The Morgan fingerprint density at radius 1 is 1.02 bits per heavy atom. The molecular formula is C31H48N6O6. The van der Waals surface area contributed by atoms with Gasteiger partial charge in [-0.25, -0.2) is 4.79 Å². The van der Waals surface area contributed by atoms with E-state index in [1.165, 1.54) is 4.90 Å². The van der Waals surface area contributed by atoms with Crippen LogP contribution in [0.15, 0.2) is 12.7 Å². The van der Waals surface area contributed by atoms with Crippen LogP contribution in [0.25, 0.3) is 0 Å². The number of carbonyl (C=O) groups is 6. The van der Waals surface area contributed by atoms with Crippen LogP contribution in [0.2, 0.25) is 0 Å². The van der Waals surface area contributed by atoms with Crippen LogP contribution in [0.3, 0.4) is 0 Å². The Bertz CT molecular complexity index is 1180. The molecule has 0 aromatic carbocycles. The zero-order chi connectivity index (χ0) is 31.9. The van der Waals surface area contributed by atoms with Crippen molar-refractivity contribution < 1.29 is 28.8 Å². The fourth-order valence-electron chi connectivity index (χ4n) is 7.13. The van der Waals surface area contributed by atoms with Crippen LogP contribution < -0.4 is 27.0 Å². The van der Waals surface area contributed by atoms with Crippen LogP contribution >= 0.6 is 0 Å². The van der Waals surface area contributed by atoms with Crippen molar-refractivity contribution in [3.05, 3.63) is 12.7 Å². The average molecular weight is 601 g/mol. The number of primary amides is 1. The van der Waals surface area contributed by atoms with E-state index in [0.29, 0.717) is 32.2 Å². The minimum Gasteiger partial charge on any atom is -0.363 e. The number of piperidine rings is 1. The fraction of sp³-hybridized carbons (Fsp3) is 0.742. The van der Waals surface area contributed by atoms with Crippen molar-refractivity contribution in [2.75, 3.05) is 13.1 Å². The lowest BCUT2D eigenvalue weighted by Crippen LogP contribution is -2.65. The highest BCUT2D eigenvalue weighted by atomic mass is 16.2. The Morgan fingerprint density at radius 2 is 1.65 bits per heavy atom. The van der Waals surface area contributed by atoms with Crippen molar-refractivity contribution in [1.29, 1.82) is 0 Å². The molecule has 238 valence electrons. The maximum atomic E-state index is 14.2. The molecule has 5 atom stereocenters. The molecule has 0 radical (unpaired) electrons. The number of fused-ring (bicyclic) bond motifs is 1. The molecule has 4 aliphatic rings. The summed E-state index contributed by atoms with van der Waals surface area (Å²) in [4.78, 5) is 80.2. The summed E-state index contributed by atoms with van der Waals surface area (Å²) in [6, 6.07) is -3.51. The van der Waals surface area contributed by atoms with Crippen molar-refractivity contribution >= 4 is 35.4 Å². The first kappa shape index (κ1) is 32.5. The summed E-state index contributed by atoms with van der Waals surface area (Å²) in [5.41, 5.74) is 3.25. The largest absolute Gasteiger partial charge is 0.363 e. The first-order valence-corrected chi connectivity index (χ1v) is 15.5. The minimum absolute atomic E-state index is 0.0759. The van der Waals surface area contributed by atoms with Gasteiger partial charge in [-0.05, 0) is 54.3 Å². The molecular weight excluding hydrogens is 552 g/mol. The molecule has 1 saturated heterocycles. The van der Waals surface area contributed by atoms with Crippen molar-refractivity contribution in [2.24, 2.45) is 34.3 Å². The first-order chi connectivity index (χ1) is 20.0. The molecule has 1 unspecified atom stereocenters. The number of Topliss-reactive ketones (excluding diaryl/α,β-unsaturated/α-hetero) is 1. The molecule has 3 aliphatic carbocycles. The van der Waals surface area contributed by atoms with Gasteiger partial charge in [0.25, 0.3) is 5.91 Å². The van der Waals surface area contributed by atoms with Crippen molar-refractivity contribution in [3.63, 3.8) is 0 Å². The zero-order valence-electron chi connectivity index (χ0n) is 26.1. The minimum atomic E-state index is -1.10. The predicted molar refractivity (Wildman–Crippen MR) is 159 cm³/mol. The van der Waals surface area contributed by atoms with E-state index < -0.39 is 58.6 Å². The third-order valence-electron chi connectivity index (χ3n) is 9.97. The number of nitrogens with zero attached hydrogens (tertiary/aromatic N) is 1. The molecule has 4 rings (SSSR count). The summed E-state index contributed by atoms with van der Waals surface area (Å²) in [5.74, 6) is -3.33. The summed E-state index contributed by atoms with van der Waals surface area (Å²) < 4.78 is 0. The van der Waals surface area contributed by atoms with Gasteiger partial charge in [0, 0.05) is 13.1 Å². The summed E-state index contributed by atoms with van der Waals surface area (Å²) in [7, 11) is 0. The van der Waals surface area contributed by atoms with Gasteiger partial charge in [-0.2, -0.15) is 0 Å². The molecule has 12 heteroatoms. The SMILES string of the molecule is C=CCNC(=O)C1(NC(=O)N[C@H](C(=O)N2C[C@H]3[C@@H]([C@H]2C(=O)NC(C(=O)C(N)=O)C2CC2)C3(C)C)C(C)(C)C)CCCCC1. The van der Waals surface area contributed by atoms with E-state index in [1.807, 2.05) is 34.6 Å². The molecule has 0 aromatic heterocycles. The molecule has 6 amide bonds. The number of amides is 6. The van der Waals surface area contributed by atoms with E-state index in [1.54, 1.807) is 6.08 Å². The van der Waals surface area contributed by atoms with Crippen LogP contribution in [0, 0.1) is 28.6 Å². The molecule has 4 fully saturated rings. The van der Waals surface area contributed by atoms with Crippen LogP contribution in [0.4, 0.5) is 4.79 Å². The van der Waals surface area contributed by atoms with Crippen molar-refractivity contribution in [3.8, 4) is 0 Å². The van der Waals surface area contributed by atoms with E-state index in [9.17, 15) is 28.8 Å². The number of ketones is 1. The maximum absolute atomic E-state index is 14.2. The quantitative estimate of drug-likeness (QED) is 0.175. The normalized spacial score (nSPS) is 26.6. The summed E-state index contributed by atoms with van der Waals surface area (Å²) >= 11 is 0. The Morgan fingerprint density at radius 3 is 2.19 bits per heavy atom. The van der Waals surface area contributed by atoms with Gasteiger partial charge >= 0.3 is 6.03 Å². The second-order valence-electron chi connectivity index (χ2n) is 14.5. The summed E-state index contributed by atoms with van der Waals surface area (Å²) in [6.45, 7) is 13.8. The number of rotatable bonds is 11. The van der Waals surface area contributed by atoms with Gasteiger partial charge in [-0.1, -0.05) is 60.0 Å². The van der Waals surface area contributed by atoms with E-state index >= 15 is 0 Å². The fourth-order valence-corrected chi connectivity index (χ4v) is 7.13. The van der Waals surface area contributed by atoms with Gasteiger partial charge in [0.1, 0.15) is 23.7 Å². The molecule has 0 bridgehead atoms. The number of hydrogen-bond donors (Lipinski definition) is 5. The highest BCUT2D eigenvalue weighted by Crippen LogP contribution is 2.65. The zero-order valence-corrected chi connectivity index (χ0v) is 26.1. The number of nitrogens with two attached hydrogens (primary N) is 1. The van der Waals surface area contributed by atoms with Crippen LogP contribution in [-0.4, -0.2) is 77.1 Å². The average Bonchev–Trinajstić information content (AvgIpc) is 3.81. The first-order valence-electron chi connectivity index (χ1n) is 15.5. The van der Waals surface area contributed by atoms with Gasteiger partial charge in [0.2, 0.25) is 23.5 Å². The molecule has 0 aromatic rings. The Labute approximate surface area is 253 Å². The Balaban J connectivity index is 1.53. The lowest BCUT2D eigenvalue weighted by atomic mass is 9.80. The number of carbonyl (C=O) groups excluding carboxylic acids is 6. The third kappa shape index (κ3) is 6.57. The number of hydrogen-bond acceptors (Lipinski definition) is 6. The Kier molecular flexibility index (Phi) is 9.00. The highest BCUT2D eigenvalue weighted by molar-refractivity contribution is 6.38. The van der Waals surface area contributed by atoms with Gasteiger partial charge in [0.15, 0.2) is 0 Å². The van der Waals surface area contributed by atoms with Crippen LogP contribution in [0.5, 0.6) is 0 Å². The number of urea groups is 1. The maximum Gasteiger partial charge on any atom is 0.316 e. The van der Waals surface area contributed by atoms with E-state index in [0.717, 1.165) is 19.3 Å². The smallest absolute Gasteiger partial charge is 0.316 e. The van der Waals surface area contributed by atoms with Crippen LogP contribution in [0.1, 0.15) is 79.6 Å². The molecule has 0 spiro atoms. The topological polar surface area (TPSA) is 180 Å². The molecule has 43 heavy (non-hydrogen) atoms. The summed E-state index contributed by atoms with van der Waals surface area (Å²) in [6.07, 6.45) is 6.48. The van der Waals surface area contributed by atoms with Gasteiger partial charge in [0.05, 0.1) is 0 Å². The monoisotopic (exact) mass is 600 g/mol. The van der Waals surface area contributed by atoms with Gasteiger partial charge in [-0.3, -0.25) is 24.0 Å². The molecule has 1 aliphatic heterocycles. The molecule has 3 saturated carbocycles. The van der Waals surface area contributed by atoms with Crippen LogP contribution in [-0.2, 0) is 24.0 Å².